The quantitative estimate of drug-likeness (QED) is 0.580. The fourth-order valence-corrected chi connectivity index (χ4v) is 2.57. The van der Waals surface area contributed by atoms with Crippen molar-refractivity contribution in [2.45, 2.75) is 6.92 Å². The van der Waals surface area contributed by atoms with Crippen molar-refractivity contribution < 1.29 is 14.3 Å². The van der Waals surface area contributed by atoms with Crippen LogP contribution in [0.25, 0.3) is 6.08 Å². The summed E-state index contributed by atoms with van der Waals surface area (Å²) in [7, 11) is 0. The summed E-state index contributed by atoms with van der Waals surface area (Å²) >= 11 is 0. The van der Waals surface area contributed by atoms with Gasteiger partial charge >= 0.3 is 0 Å². The highest BCUT2D eigenvalue weighted by Crippen LogP contribution is 2.16. The first-order valence-corrected chi connectivity index (χ1v) is 9.22. The molecule has 0 aliphatic carbocycles. The van der Waals surface area contributed by atoms with Gasteiger partial charge in [-0.05, 0) is 48.9 Å². The summed E-state index contributed by atoms with van der Waals surface area (Å²) in [5.74, 6) is 0.0992. The minimum Gasteiger partial charge on any atom is -0.484 e. The molecule has 0 fully saturated rings. The molecule has 0 bridgehead atoms. The van der Waals surface area contributed by atoms with Crippen LogP contribution >= 0.6 is 0 Å². The van der Waals surface area contributed by atoms with E-state index < -0.39 is 0 Å². The largest absolute Gasteiger partial charge is 0.484 e. The Hall–Kier alpha value is -3.86. The molecule has 0 saturated carbocycles. The second kappa shape index (κ2) is 9.90. The topological polar surface area (TPSA) is 67.4 Å². The third-order valence-corrected chi connectivity index (χ3v) is 4.03. The molecule has 3 aromatic rings. The number of hydrogen-bond acceptors (Lipinski definition) is 3. The molecule has 5 nitrogen and oxygen atoms in total. The van der Waals surface area contributed by atoms with E-state index in [1.165, 1.54) is 11.6 Å². The van der Waals surface area contributed by atoms with E-state index in [4.69, 9.17) is 4.74 Å². The van der Waals surface area contributed by atoms with Gasteiger partial charge in [-0.2, -0.15) is 0 Å². The lowest BCUT2D eigenvalue weighted by Crippen LogP contribution is -2.20. The zero-order valence-electron chi connectivity index (χ0n) is 16.1. The number of ether oxygens (including phenoxy) is 1. The second-order valence-corrected chi connectivity index (χ2v) is 6.46. The average Bonchev–Trinajstić information content (AvgIpc) is 2.73. The van der Waals surface area contributed by atoms with Gasteiger partial charge in [-0.3, -0.25) is 9.59 Å². The Labute approximate surface area is 170 Å². The van der Waals surface area contributed by atoms with E-state index >= 15 is 0 Å². The van der Waals surface area contributed by atoms with E-state index in [9.17, 15) is 9.59 Å². The molecule has 0 radical (unpaired) electrons. The first-order valence-electron chi connectivity index (χ1n) is 9.22. The maximum atomic E-state index is 12.1. The number of rotatable bonds is 7. The molecule has 0 saturated heterocycles. The number of para-hydroxylation sites is 1. The Morgan fingerprint density at radius 3 is 2.28 bits per heavy atom. The summed E-state index contributed by atoms with van der Waals surface area (Å²) in [6.45, 7) is 1.92. The predicted octanol–water partition coefficient (Wildman–Crippen LogP) is 4.66. The van der Waals surface area contributed by atoms with E-state index in [0.717, 1.165) is 5.56 Å². The smallest absolute Gasteiger partial charge is 0.262 e. The van der Waals surface area contributed by atoms with Gasteiger partial charge in [-0.15, -0.1) is 0 Å². The van der Waals surface area contributed by atoms with Crippen LogP contribution < -0.4 is 15.4 Å². The van der Waals surface area contributed by atoms with Gasteiger partial charge in [0.15, 0.2) is 6.61 Å². The zero-order valence-corrected chi connectivity index (χ0v) is 16.1. The Balaban J connectivity index is 1.52. The second-order valence-electron chi connectivity index (χ2n) is 6.46. The molecule has 3 aromatic carbocycles. The highest BCUT2D eigenvalue weighted by Gasteiger charge is 2.05. The summed E-state index contributed by atoms with van der Waals surface area (Å²) in [5.41, 5.74) is 3.28. The number of hydrogen-bond donors (Lipinski definition) is 2. The van der Waals surface area contributed by atoms with E-state index in [1.54, 1.807) is 42.5 Å². The molecular formula is C24H22N2O3. The SMILES string of the molecule is Cc1ccc(/C=C/C(=O)Nc2cccc(NC(=O)COc3ccccc3)c2)cc1. The summed E-state index contributed by atoms with van der Waals surface area (Å²) in [6.07, 6.45) is 3.23. The molecule has 29 heavy (non-hydrogen) atoms. The van der Waals surface area contributed by atoms with Crippen LogP contribution in [-0.2, 0) is 9.59 Å². The van der Waals surface area contributed by atoms with Crippen LogP contribution in [0.4, 0.5) is 11.4 Å². The molecule has 0 aromatic heterocycles. The van der Waals surface area contributed by atoms with Crippen molar-refractivity contribution in [2.24, 2.45) is 0 Å². The van der Waals surface area contributed by atoms with Gasteiger partial charge in [-0.25, -0.2) is 0 Å². The van der Waals surface area contributed by atoms with Gasteiger partial charge in [0.2, 0.25) is 5.91 Å². The van der Waals surface area contributed by atoms with Crippen molar-refractivity contribution in [3.63, 3.8) is 0 Å². The van der Waals surface area contributed by atoms with E-state index in [0.29, 0.717) is 17.1 Å². The summed E-state index contributed by atoms with van der Waals surface area (Å²) < 4.78 is 5.43. The first-order chi connectivity index (χ1) is 14.1. The van der Waals surface area contributed by atoms with Crippen LogP contribution in [0.3, 0.4) is 0 Å². The van der Waals surface area contributed by atoms with Crippen molar-refractivity contribution in [1.82, 2.24) is 0 Å². The molecule has 0 aliphatic heterocycles. The van der Waals surface area contributed by atoms with Crippen molar-refractivity contribution in [3.05, 3.63) is 96.1 Å². The molecule has 2 N–H and O–H groups in total. The monoisotopic (exact) mass is 386 g/mol. The fourth-order valence-electron chi connectivity index (χ4n) is 2.57. The molecule has 3 rings (SSSR count). The Kier molecular flexibility index (Phi) is 6.79. The van der Waals surface area contributed by atoms with Gasteiger partial charge in [0.25, 0.3) is 5.91 Å². The van der Waals surface area contributed by atoms with Crippen LogP contribution in [0.1, 0.15) is 11.1 Å². The zero-order chi connectivity index (χ0) is 20.5. The molecule has 146 valence electrons. The van der Waals surface area contributed by atoms with E-state index in [1.807, 2.05) is 49.4 Å². The standard InChI is InChI=1S/C24H22N2O3/c1-18-10-12-19(13-11-18)14-15-23(27)25-20-6-5-7-21(16-20)26-24(28)17-29-22-8-3-2-4-9-22/h2-16H,17H2,1H3,(H,25,27)(H,26,28)/b15-14+. The number of carbonyl (C=O) groups excluding carboxylic acids is 2. The van der Waals surface area contributed by atoms with Crippen LogP contribution in [-0.4, -0.2) is 18.4 Å². The van der Waals surface area contributed by atoms with Crippen molar-refractivity contribution in [1.29, 1.82) is 0 Å². The third-order valence-electron chi connectivity index (χ3n) is 4.03. The van der Waals surface area contributed by atoms with Crippen molar-refractivity contribution in [3.8, 4) is 5.75 Å². The molecule has 0 aliphatic rings. The van der Waals surface area contributed by atoms with Gasteiger partial charge in [0.05, 0.1) is 0 Å². The molecular weight excluding hydrogens is 364 g/mol. The molecule has 5 heteroatoms. The molecule has 2 amide bonds. The van der Waals surface area contributed by atoms with Crippen LogP contribution in [0.15, 0.2) is 84.9 Å². The Morgan fingerprint density at radius 1 is 0.862 bits per heavy atom. The number of aryl methyl sites for hydroxylation is 1. The van der Waals surface area contributed by atoms with E-state index in [2.05, 4.69) is 10.6 Å². The van der Waals surface area contributed by atoms with Crippen molar-refractivity contribution >= 4 is 29.3 Å². The van der Waals surface area contributed by atoms with Crippen LogP contribution in [0, 0.1) is 6.92 Å². The number of benzene rings is 3. The lowest BCUT2D eigenvalue weighted by Gasteiger charge is -2.09. The third kappa shape index (κ3) is 6.66. The maximum absolute atomic E-state index is 12.1. The molecule has 0 heterocycles. The highest BCUT2D eigenvalue weighted by atomic mass is 16.5. The molecule has 0 atom stereocenters. The number of amides is 2. The summed E-state index contributed by atoms with van der Waals surface area (Å²) in [5, 5.41) is 5.54. The number of anilines is 2. The van der Waals surface area contributed by atoms with Gasteiger partial charge in [0.1, 0.15) is 5.75 Å². The molecule has 0 spiro atoms. The Bertz CT molecular complexity index is 996. The predicted molar refractivity (Wildman–Crippen MR) is 116 cm³/mol. The lowest BCUT2D eigenvalue weighted by atomic mass is 10.1. The van der Waals surface area contributed by atoms with E-state index in [-0.39, 0.29) is 18.4 Å². The molecule has 0 unspecified atom stereocenters. The summed E-state index contributed by atoms with van der Waals surface area (Å²) in [6, 6.07) is 24.0. The van der Waals surface area contributed by atoms with Gasteiger partial charge in [0, 0.05) is 17.5 Å². The van der Waals surface area contributed by atoms with Crippen LogP contribution in [0.2, 0.25) is 0 Å². The first kappa shape index (κ1) is 19.9. The van der Waals surface area contributed by atoms with Gasteiger partial charge in [-0.1, -0.05) is 54.1 Å². The number of nitrogens with one attached hydrogen (secondary N) is 2. The maximum Gasteiger partial charge on any atom is 0.262 e. The highest BCUT2D eigenvalue weighted by molar-refractivity contribution is 6.02. The summed E-state index contributed by atoms with van der Waals surface area (Å²) in [4.78, 5) is 24.2. The van der Waals surface area contributed by atoms with Gasteiger partial charge < -0.3 is 15.4 Å². The normalized spacial score (nSPS) is 10.5. The number of carbonyl (C=O) groups is 2. The minimum absolute atomic E-state index is 0.0973. The fraction of sp³-hybridized carbons (Fsp3) is 0.0833. The Morgan fingerprint density at radius 2 is 1.55 bits per heavy atom. The average molecular weight is 386 g/mol. The van der Waals surface area contributed by atoms with Crippen molar-refractivity contribution in [2.75, 3.05) is 17.2 Å². The minimum atomic E-state index is -0.281. The van der Waals surface area contributed by atoms with Crippen LogP contribution in [0.5, 0.6) is 5.75 Å². The lowest BCUT2D eigenvalue weighted by molar-refractivity contribution is -0.118.